The molecule has 0 bridgehead atoms. The summed E-state index contributed by atoms with van der Waals surface area (Å²) in [4.78, 5) is 26.7. The van der Waals surface area contributed by atoms with Gasteiger partial charge in [0, 0.05) is 43.8 Å². The van der Waals surface area contributed by atoms with E-state index in [2.05, 4.69) is 5.32 Å². The van der Waals surface area contributed by atoms with Crippen molar-refractivity contribution < 1.29 is 24.7 Å². The first-order chi connectivity index (χ1) is 15.0. The number of amides is 2. The quantitative estimate of drug-likeness (QED) is 0.251. The molecule has 1 fully saturated rings. The number of anilines is 1. The zero-order valence-corrected chi connectivity index (χ0v) is 19.6. The first-order valence-electron chi connectivity index (χ1n) is 10.6. The summed E-state index contributed by atoms with van der Waals surface area (Å²) in [5.74, 6) is -1.53. The lowest BCUT2D eigenvalue weighted by atomic mass is 9.65. The van der Waals surface area contributed by atoms with Gasteiger partial charge in [0.05, 0.1) is 16.0 Å². The highest BCUT2D eigenvalue weighted by molar-refractivity contribution is 6.43. The van der Waals surface area contributed by atoms with Crippen LogP contribution in [0.5, 0.6) is 0 Å². The number of nitrogens with zero attached hydrogens (tertiary/aromatic N) is 2. The van der Waals surface area contributed by atoms with Crippen molar-refractivity contribution in [3.05, 3.63) is 28.2 Å². The topological polar surface area (TPSA) is 139 Å². The molecule has 1 aliphatic rings. The first-order valence-corrected chi connectivity index (χ1v) is 11.4. The van der Waals surface area contributed by atoms with E-state index in [-0.39, 0.29) is 12.5 Å². The molecule has 0 spiro atoms. The van der Waals surface area contributed by atoms with Gasteiger partial charge in [-0.1, -0.05) is 36.0 Å². The number of unbranched alkanes of at least 4 members (excludes halogenated alkanes) is 2. The molecule has 0 radical (unpaired) electrons. The molecule has 0 saturated carbocycles. The molecule has 1 aliphatic heterocycles. The highest BCUT2D eigenvalue weighted by Crippen LogP contribution is 2.26. The van der Waals surface area contributed by atoms with Crippen LogP contribution in [0, 0.1) is 0 Å². The number of piperazine rings is 1. The number of carbonyl (C=O) groups excluding carboxylic acids is 1. The van der Waals surface area contributed by atoms with Gasteiger partial charge in [-0.15, -0.1) is 0 Å². The van der Waals surface area contributed by atoms with Crippen LogP contribution in [0.2, 0.25) is 10.0 Å². The van der Waals surface area contributed by atoms with Crippen LogP contribution in [0.4, 0.5) is 10.5 Å². The molecule has 1 saturated heterocycles. The van der Waals surface area contributed by atoms with Crippen molar-refractivity contribution in [2.75, 3.05) is 31.5 Å². The van der Waals surface area contributed by atoms with Crippen LogP contribution in [-0.2, 0) is 4.79 Å². The third kappa shape index (κ3) is 7.79. The molecule has 0 aliphatic carbocycles. The van der Waals surface area contributed by atoms with E-state index in [1.165, 1.54) is 0 Å². The zero-order chi connectivity index (χ0) is 23.9. The molecular weight excluding hydrogens is 458 g/mol. The summed E-state index contributed by atoms with van der Waals surface area (Å²) in [5.41, 5.74) is 6.11. The summed E-state index contributed by atoms with van der Waals surface area (Å²) >= 11 is 11.9. The van der Waals surface area contributed by atoms with E-state index in [0.717, 1.165) is 0 Å². The van der Waals surface area contributed by atoms with E-state index in [4.69, 9.17) is 34.0 Å². The number of hydrogen-bond donors (Lipinski definition) is 5. The first kappa shape index (κ1) is 26.7. The van der Waals surface area contributed by atoms with Crippen molar-refractivity contribution in [2.24, 2.45) is 5.73 Å². The molecular formula is C20H31BCl2N4O5. The van der Waals surface area contributed by atoms with Crippen molar-refractivity contribution >= 4 is 48.0 Å². The van der Waals surface area contributed by atoms with Gasteiger partial charge in [0.15, 0.2) is 0 Å². The molecule has 1 heterocycles. The van der Waals surface area contributed by atoms with E-state index < -0.39 is 24.6 Å². The van der Waals surface area contributed by atoms with Crippen LogP contribution >= 0.6 is 23.2 Å². The Hall–Kier alpha value is -1.56. The number of urea groups is 1. The van der Waals surface area contributed by atoms with E-state index in [1.807, 2.05) is 4.90 Å². The molecule has 1 aromatic carbocycles. The predicted octanol–water partition coefficient (Wildman–Crippen LogP) is 2.28. The van der Waals surface area contributed by atoms with Crippen LogP contribution in [0.15, 0.2) is 18.2 Å². The largest absolute Gasteiger partial charge is 0.481 e. The number of hydrogen-bond acceptors (Lipinski definition) is 6. The number of halogens is 2. The lowest BCUT2D eigenvalue weighted by Crippen LogP contribution is -2.67. The molecule has 12 heteroatoms. The van der Waals surface area contributed by atoms with Crippen LogP contribution in [0.25, 0.3) is 0 Å². The van der Waals surface area contributed by atoms with Gasteiger partial charge in [-0.05, 0) is 38.0 Å². The molecule has 9 nitrogen and oxygen atoms in total. The number of benzene rings is 1. The Morgan fingerprint density at radius 1 is 1.16 bits per heavy atom. The fraction of sp³-hybridized carbons (Fsp3) is 0.600. The number of nitrogens with one attached hydrogen (secondary N) is 1. The summed E-state index contributed by atoms with van der Waals surface area (Å²) in [5, 5.41) is 32.3. The summed E-state index contributed by atoms with van der Waals surface area (Å²) in [6, 6.07) is 4.57. The molecule has 2 rings (SSSR count). The standard InChI is InChI=1S/C20H31BCl2N4O5/c1-20(24,8-4-2-3-5-17(28)29)18(21(31)32)26-9-11-27(12-10-26)19(30)25-14-6-7-15(22)16(23)13-14/h6-7,13,18,31-32H,2-5,8-12,24H2,1H3,(H,25,30)(H,28,29). The zero-order valence-electron chi connectivity index (χ0n) is 18.1. The lowest BCUT2D eigenvalue weighted by molar-refractivity contribution is -0.137. The van der Waals surface area contributed by atoms with Crippen LogP contribution in [0.1, 0.15) is 39.0 Å². The van der Waals surface area contributed by atoms with Crippen molar-refractivity contribution in [2.45, 2.75) is 50.5 Å². The second-order valence-corrected chi connectivity index (χ2v) is 9.22. The Morgan fingerprint density at radius 2 is 1.81 bits per heavy atom. The summed E-state index contributed by atoms with van der Waals surface area (Å²) in [6.07, 6.45) is 2.59. The second-order valence-electron chi connectivity index (χ2n) is 8.40. The highest BCUT2D eigenvalue weighted by atomic mass is 35.5. The maximum Gasteiger partial charge on any atom is 0.471 e. The third-order valence-electron chi connectivity index (χ3n) is 5.73. The highest BCUT2D eigenvalue weighted by Gasteiger charge is 2.43. The predicted molar refractivity (Wildman–Crippen MR) is 126 cm³/mol. The summed E-state index contributed by atoms with van der Waals surface area (Å²) in [7, 11) is -1.64. The van der Waals surface area contributed by atoms with E-state index in [9.17, 15) is 19.6 Å². The fourth-order valence-corrected chi connectivity index (χ4v) is 4.33. The third-order valence-corrected chi connectivity index (χ3v) is 6.47. The van der Waals surface area contributed by atoms with Gasteiger partial charge in [-0.3, -0.25) is 9.69 Å². The lowest BCUT2D eigenvalue weighted by Gasteiger charge is -2.45. The van der Waals surface area contributed by atoms with Gasteiger partial charge in [0.1, 0.15) is 0 Å². The summed E-state index contributed by atoms with van der Waals surface area (Å²) in [6.45, 7) is 3.43. The molecule has 32 heavy (non-hydrogen) atoms. The smallest absolute Gasteiger partial charge is 0.471 e. The minimum atomic E-state index is -1.64. The van der Waals surface area contributed by atoms with E-state index >= 15 is 0 Å². The minimum Gasteiger partial charge on any atom is -0.481 e. The Morgan fingerprint density at radius 3 is 2.38 bits per heavy atom. The van der Waals surface area contributed by atoms with Gasteiger partial charge in [0.2, 0.25) is 0 Å². The number of carbonyl (C=O) groups is 2. The van der Waals surface area contributed by atoms with Gasteiger partial charge >= 0.3 is 19.1 Å². The maximum absolute atomic E-state index is 12.6. The molecule has 6 N–H and O–H groups in total. The summed E-state index contributed by atoms with van der Waals surface area (Å²) < 4.78 is 0. The van der Waals surface area contributed by atoms with Gasteiger partial charge in [-0.25, -0.2) is 4.79 Å². The number of nitrogens with two attached hydrogens (primary N) is 1. The molecule has 2 atom stereocenters. The normalized spacial score (nSPS) is 17.5. The number of aliphatic carboxylic acids is 1. The van der Waals surface area contributed by atoms with Gasteiger partial charge in [-0.2, -0.15) is 0 Å². The average molecular weight is 489 g/mol. The molecule has 2 unspecified atom stereocenters. The van der Waals surface area contributed by atoms with Crippen LogP contribution in [0.3, 0.4) is 0 Å². The Balaban J connectivity index is 1.89. The van der Waals surface area contributed by atoms with Gasteiger partial charge in [0.25, 0.3) is 0 Å². The van der Waals surface area contributed by atoms with E-state index in [1.54, 1.807) is 30.0 Å². The minimum absolute atomic E-state index is 0.111. The van der Waals surface area contributed by atoms with Crippen LogP contribution in [-0.4, -0.2) is 81.7 Å². The van der Waals surface area contributed by atoms with Crippen molar-refractivity contribution in [3.8, 4) is 0 Å². The SMILES string of the molecule is CC(N)(CCCCCC(=O)O)C(B(O)O)N1CCN(C(=O)Nc2ccc(Cl)c(Cl)c2)CC1. The average Bonchev–Trinajstić information content (AvgIpc) is 2.70. The van der Waals surface area contributed by atoms with Gasteiger partial charge < -0.3 is 31.1 Å². The number of carboxylic acids is 1. The molecule has 2 amide bonds. The van der Waals surface area contributed by atoms with Crippen molar-refractivity contribution in [1.82, 2.24) is 9.80 Å². The fourth-order valence-electron chi connectivity index (χ4n) is 4.03. The second kappa shape index (κ2) is 12.1. The Labute approximate surface area is 198 Å². The maximum atomic E-state index is 12.6. The Kier molecular flexibility index (Phi) is 10.1. The molecule has 178 valence electrons. The Bertz CT molecular complexity index is 791. The molecule has 1 aromatic rings. The number of carboxylic acid groups (broad SMARTS) is 1. The number of rotatable bonds is 10. The van der Waals surface area contributed by atoms with E-state index in [0.29, 0.717) is 67.6 Å². The monoisotopic (exact) mass is 488 g/mol. The van der Waals surface area contributed by atoms with Crippen LogP contribution < -0.4 is 11.1 Å². The molecule has 0 aromatic heterocycles. The van der Waals surface area contributed by atoms with Crippen molar-refractivity contribution in [3.63, 3.8) is 0 Å². The van der Waals surface area contributed by atoms with Crippen molar-refractivity contribution in [1.29, 1.82) is 0 Å².